The summed E-state index contributed by atoms with van der Waals surface area (Å²) in [7, 11) is 0. The summed E-state index contributed by atoms with van der Waals surface area (Å²) < 4.78 is 10.9. The van der Waals surface area contributed by atoms with Gasteiger partial charge in [0.1, 0.15) is 6.61 Å². The Kier molecular flexibility index (Phi) is 4.38. The van der Waals surface area contributed by atoms with Crippen LogP contribution in [0.3, 0.4) is 0 Å². The molecule has 0 bridgehead atoms. The normalized spacial score (nSPS) is 25.7. The molecule has 0 aliphatic carbocycles. The zero-order chi connectivity index (χ0) is 13.9. The standard InChI is InChI=1S/C12H20N2O5/c1-12(7-13-8-12)19-6-10(15)14-2-3-18-9(5-14)4-11(16)17/h9,13H,2-8H2,1H3,(H,16,17). The number of amides is 1. The number of ether oxygens (including phenoxy) is 2. The van der Waals surface area contributed by atoms with Gasteiger partial charge < -0.3 is 24.8 Å². The van der Waals surface area contributed by atoms with Crippen LogP contribution in [0.15, 0.2) is 0 Å². The van der Waals surface area contributed by atoms with E-state index in [-0.39, 0.29) is 24.5 Å². The monoisotopic (exact) mass is 272 g/mol. The Labute approximate surface area is 111 Å². The smallest absolute Gasteiger partial charge is 0.306 e. The zero-order valence-corrected chi connectivity index (χ0v) is 11.1. The summed E-state index contributed by atoms with van der Waals surface area (Å²) in [6, 6.07) is 0. The molecule has 2 heterocycles. The summed E-state index contributed by atoms with van der Waals surface area (Å²) in [5.41, 5.74) is -0.248. The van der Waals surface area contributed by atoms with Crippen molar-refractivity contribution in [1.82, 2.24) is 10.2 Å². The molecule has 1 atom stereocenters. The molecule has 2 rings (SSSR count). The van der Waals surface area contributed by atoms with Crippen molar-refractivity contribution in [2.24, 2.45) is 0 Å². The number of carbonyl (C=O) groups excluding carboxylic acids is 1. The molecule has 0 aromatic rings. The maximum atomic E-state index is 12.0. The molecule has 108 valence electrons. The first-order valence-electron chi connectivity index (χ1n) is 6.44. The second kappa shape index (κ2) is 5.85. The van der Waals surface area contributed by atoms with E-state index in [1.165, 1.54) is 0 Å². The average Bonchev–Trinajstić information content (AvgIpc) is 2.33. The fourth-order valence-electron chi connectivity index (χ4n) is 2.17. The van der Waals surface area contributed by atoms with Gasteiger partial charge in [-0.25, -0.2) is 0 Å². The van der Waals surface area contributed by atoms with Crippen LogP contribution in [0.2, 0.25) is 0 Å². The third kappa shape index (κ3) is 3.89. The van der Waals surface area contributed by atoms with E-state index in [2.05, 4.69) is 5.32 Å². The van der Waals surface area contributed by atoms with Gasteiger partial charge in [0.2, 0.25) is 5.91 Å². The SMILES string of the molecule is CC1(OCC(=O)N2CCOC(CC(=O)O)C2)CNC1. The highest BCUT2D eigenvalue weighted by atomic mass is 16.5. The number of nitrogens with zero attached hydrogens (tertiary/aromatic N) is 1. The van der Waals surface area contributed by atoms with E-state index in [1.54, 1.807) is 4.90 Å². The van der Waals surface area contributed by atoms with Crippen LogP contribution in [0, 0.1) is 0 Å². The van der Waals surface area contributed by atoms with Crippen molar-refractivity contribution in [1.29, 1.82) is 0 Å². The number of morpholine rings is 1. The molecule has 0 aromatic heterocycles. The Morgan fingerprint density at radius 3 is 2.84 bits per heavy atom. The summed E-state index contributed by atoms with van der Waals surface area (Å²) in [6.45, 7) is 4.70. The van der Waals surface area contributed by atoms with Gasteiger partial charge in [0.25, 0.3) is 0 Å². The number of carbonyl (C=O) groups is 2. The first kappa shape index (κ1) is 14.2. The zero-order valence-electron chi connectivity index (χ0n) is 11.1. The third-order valence-corrected chi connectivity index (χ3v) is 3.44. The minimum absolute atomic E-state index is 0.0397. The van der Waals surface area contributed by atoms with Crippen LogP contribution >= 0.6 is 0 Å². The Balaban J connectivity index is 1.76. The largest absolute Gasteiger partial charge is 0.481 e. The summed E-state index contributed by atoms with van der Waals surface area (Å²) in [6.07, 6.45) is -0.497. The van der Waals surface area contributed by atoms with Crippen LogP contribution in [0.4, 0.5) is 0 Å². The molecule has 1 unspecified atom stereocenters. The van der Waals surface area contributed by atoms with Gasteiger partial charge in [-0.05, 0) is 6.92 Å². The molecular formula is C12H20N2O5. The van der Waals surface area contributed by atoms with Crippen molar-refractivity contribution >= 4 is 11.9 Å². The highest BCUT2D eigenvalue weighted by Gasteiger charge is 2.34. The quantitative estimate of drug-likeness (QED) is 0.672. The number of rotatable bonds is 5. The third-order valence-electron chi connectivity index (χ3n) is 3.44. The van der Waals surface area contributed by atoms with E-state index in [0.717, 1.165) is 13.1 Å². The first-order chi connectivity index (χ1) is 8.98. The number of hydrogen-bond acceptors (Lipinski definition) is 5. The summed E-state index contributed by atoms with van der Waals surface area (Å²) in [4.78, 5) is 24.2. The van der Waals surface area contributed by atoms with Crippen LogP contribution in [0.1, 0.15) is 13.3 Å². The van der Waals surface area contributed by atoms with Gasteiger partial charge in [0, 0.05) is 26.2 Å². The molecule has 1 amide bonds. The molecule has 7 nitrogen and oxygen atoms in total. The van der Waals surface area contributed by atoms with Crippen LogP contribution in [-0.2, 0) is 19.1 Å². The Morgan fingerprint density at radius 2 is 2.26 bits per heavy atom. The fourth-order valence-corrected chi connectivity index (χ4v) is 2.17. The van der Waals surface area contributed by atoms with Crippen molar-refractivity contribution in [2.45, 2.75) is 25.0 Å². The second-order valence-electron chi connectivity index (χ2n) is 5.27. The summed E-state index contributed by atoms with van der Waals surface area (Å²) in [5.74, 6) is -1.02. The van der Waals surface area contributed by atoms with Gasteiger partial charge in [-0.2, -0.15) is 0 Å². The molecule has 0 saturated carbocycles. The molecule has 7 heteroatoms. The number of carboxylic acid groups (broad SMARTS) is 1. The molecule has 2 aliphatic heterocycles. The predicted octanol–water partition coefficient (Wildman–Crippen LogP) is -0.933. The second-order valence-corrected chi connectivity index (χ2v) is 5.27. The molecule has 2 saturated heterocycles. The van der Waals surface area contributed by atoms with Gasteiger partial charge in [0.15, 0.2) is 0 Å². The molecule has 2 N–H and O–H groups in total. The first-order valence-corrected chi connectivity index (χ1v) is 6.44. The predicted molar refractivity (Wildman–Crippen MR) is 65.8 cm³/mol. The molecule has 0 spiro atoms. The van der Waals surface area contributed by atoms with Gasteiger partial charge in [-0.15, -0.1) is 0 Å². The highest BCUT2D eigenvalue weighted by Crippen LogP contribution is 2.16. The van der Waals surface area contributed by atoms with Crippen molar-refractivity contribution in [3.05, 3.63) is 0 Å². The molecule has 0 aromatic carbocycles. The lowest BCUT2D eigenvalue weighted by molar-refractivity contribution is -0.155. The fraction of sp³-hybridized carbons (Fsp3) is 0.833. The lowest BCUT2D eigenvalue weighted by Crippen LogP contribution is -2.60. The minimum atomic E-state index is -0.913. The van der Waals surface area contributed by atoms with E-state index in [4.69, 9.17) is 14.6 Å². The maximum Gasteiger partial charge on any atom is 0.306 e. The maximum absolute atomic E-state index is 12.0. The molecule has 2 aliphatic rings. The number of hydrogen-bond donors (Lipinski definition) is 2. The van der Waals surface area contributed by atoms with Crippen molar-refractivity contribution in [3.8, 4) is 0 Å². The Bertz CT molecular complexity index is 356. The van der Waals surface area contributed by atoms with E-state index < -0.39 is 12.1 Å². The number of aliphatic carboxylic acids is 1. The van der Waals surface area contributed by atoms with E-state index in [9.17, 15) is 9.59 Å². The van der Waals surface area contributed by atoms with Crippen LogP contribution in [0.25, 0.3) is 0 Å². The van der Waals surface area contributed by atoms with Gasteiger partial charge >= 0.3 is 5.97 Å². The number of nitrogens with one attached hydrogen (secondary N) is 1. The van der Waals surface area contributed by atoms with Crippen LogP contribution < -0.4 is 5.32 Å². The van der Waals surface area contributed by atoms with Gasteiger partial charge in [-0.1, -0.05) is 0 Å². The molecule has 0 radical (unpaired) electrons. The molecular weight excluding hydrogens is 252 g/mol. The van der Waals surface area contributed by atoms with E-state index in [1.807, 2.05) is 6.92 Å². The lowest BCUT2D eigenvalue weighted by atomic mass is 10.0. The average molecular weight is 272 g/mol. The van der Waals surface area contributed by atoms with Crippen LogP contribution in [-0.4, -0.2) is 73.0 Å². The molecule has 2 fully saturated rings. The Hall–Kier alpha value is -1.18. The van der Waals surface area contributed by atoms with Gasteiger partial charge in [-0.3, -0.25) is 9.59 Å². The van der Waals surface area contributed by atoms with E-state index >= 15 is 0 Å². The van der Waals surface area contributed by atoms with Crippen molar-refractivity contribution < 1.29 is 24.2 Å². The van der Waals surface area contributed by atoms with E-state index in [0.29, 0.717) is 19.7 Å². The van der Waals surface area contributed by atoms with Crippen molar-refractivity contribution in [2.75, 3.05) is 39.4 Å². The summed E-state index contributed by atoms with van der Waals surface area (Å²) in [5, 5.41) is 11.8. The lowest BCUT2D eigenvalue weighted by Gasteiger charge is -2.39. The number of carboxylic acids is 1. The highest BCUT2D eigenvalue weighted by molar-refractivity contribution is 5.77. The van der Waals surface area contributed by atoms with Gasteiger partial charge in [0.05, 0.1) is 24.7 Å². The summed E-state index contributed by atoms with van der Waals surface area (Å²) >= 11 is 0. The molecule has 19 heavy (non-hydrogen) atoms. The Morgan fingerprint density at radius 1 is 1.53 bits per heavy atom. The topological polar surface area (TPSA) is 88.1 Å². The van der Waals surface area contributed by atoms with Crippen molar-refractivity contribution in [3.63, 3.8) is 0 Å². The minimum Gasteiger partial charge on any atom is -0.481 e. The van der Waals surface area contributed by atoms with Crippen LogP contribution in [0.5, 0.6) is 0 Å².